The van der Waals surface area contributed by atoms with Crippen molar-refractivity contribution >= 4 is 22.8 Å². The molecular formula is C22H25N5O. The molecule has 6 nitrogen and oxygen atoms in total. The van der Waals surface area contributed by atoms with Gasteiger partial charge in [-0.3, -0.25) is 15.1 Å². The van der Waals surface area contributed by atoms with Crippen molar-refractivity contribution in [2.75, 3.05) is 11.9 Å². The van der Waals surface area contributed by atoms with Crippen LogP contribution in [0.25, 0.3) is 11.0 Å². The highest BCUT2D eigenvalue weighted by atomic mass is 16.2. The normalized spacial score (nSPS) is 24.2. The maximum Gasteiger partial charge on any atom is 0.259 e. The summed E-state index contributed by atoms with van der Waals surface area (Å²) in [6.07, 6.45) is 5.10. The maximum absolute atomic E-state index is 12.7. The van der Waals surface area contributed by atoms with Gasteiger partial charge in [-0.15, -0.1) is 0 Å². The Morgan fingerprint density at radius 2 is 1.89 bits per heavy atom. The molecule has 1 aromatic carbocycles. The molecule has 144 valence electrons. The van der Waals surface area contributed by atoms with Crippen LogP contribution in [0.5, 0.6) is 0 Å². The Morgan fingerprint density at radius 1 is 1.07 bits per heavy atom. The third kappa shape index (κ3) is 2.99. The summed E-state index contributed by atoms with van der Waals surface area (Å²) < 4.78 is 0. The number of hydrogen-bond donors (Lipinski definition) is 3. The first-order valence-corrected chi connectivity index (χ1v) is 10.0. The number of pyridine rings is 1. The van der Waals surface area contributed by atoms with E-state index in [1.165, 1.54) is 31.4 Å². The predicted octanol–water partition coefficient (Wildman–Crippen LogP) is 3.55. The van der Waals surface area contributed by atoms with E-state index < -0.39 is 0 Å². The van der Waals surface area contributed by atoms with E-state index >= 15 is 0 Å². The average molecular weight is 375 g/mol. The third-order valence-electron chi connectivity index (χ3n) is 6.16. The van der Waals surface area contributed by atoms with Gasteiger partial charge in [-0.25, -0.2) is 10.4 Å². The number of rotatable bonds is 3. The number of carbonyl (C=O) groups excluding carboxylic acids is 1. The van der Waals surface area contributed by atoms with Crippen LogP contribution in [-0.4, -0.2) is 29.0 Å². The van der Waals surface area contributed by atoms with E-state index in [9.17, 15) is 4.79 Å². The van der Waals surface area contributed by atoms with E-state index in [0.29, 0.717) is 23.3 Å². The van der Waals surface area contributed by atoms with Gasteiger partial charge in [0, 0.05) is 24.3 Å². The van der Waals surface area contributed by atoms with Crippen molar-refractivity contribution in [3.63, 3.8) is 0 Å². The fraction of sp³-hybridized carbons (Fsp3) is 0.364. The fourth-order valence-corrected chi connectivity index (χ4v) is 4.60. The largest absolute Gasteiger partial charge is 0.356 e. The molecule has 1 amide bonds. The Kier molecular flexibility index (Phi) is 4.37. The SMILES string of the molecule is CN(C(=O)c1ccccc1)c1ccc2[nH]c(C3NNC4CCCCC43)cc2n1. The number of H-pyrrole nitrogens is 1. The summed E-state index contributed by atoms with van der Waals surface area (Å²) in [5, 5.41) is 0. The third-order valence-corrected chi connectivity index (χ3v) is 6.16. The van der Waals surface area contributed by atoms with Crippen molar-refractivity contribution in [2.24, 2.45) is 5.92 Å². The highest BCUT2D eigenvalue weighted by Gasteiger charge is 2.38. The number of carbonyl (C=O) groups is 1. The second kappa shape index (κ2) is 7.04. The topological polar surface area (TPSA) is 73.1 Å². The van der Waals surface area contributed by atoms with Crippen LogP contribution in [0.15, 0.2) is 48.5 Å². The Hall–Kier alpha value is -2.70. The summed E-state index contributed by atoms with van der Waals surface area (Å²) in [5.74, 6) is 1.21. The van der Waals surface area contributed by atoms with Crippen LogP contribution in [-0.2, 0) is 0 Å². The molecule has 0 spiro atoms. The monoisotopic (exact) mass is 375 g/mol. The highest BCUT2D eigenvalue weighted by molar-refractivity contribution is 6.05. The first-order chi connectivity index (χ1) is 13.7. The number of nitrogens with zero attached hydrogens (tertiary/aromatic N) is 2. The summed E-state index contributed by atoms with van der Waals surface area (Å²) in [7, 11) is 1.77. The predicted molar refractivity (Wildman–Crippen MR) is 110 cm³/mol. The molecule has 2 fully saturated rings. The molecule has 2 aliphatic rings. The van der Waals surface area contributed by atoms with Crippen molar-refractivity contribution in [1.29, 1.82) is 0 Å². The van der Waals surface area contributed by atoms with Crippen molar-refractivity contribution in [3.8, 4) is 0 Å². The Bertz CT molecular complexity index is 999. The number of aromatic amines is 1. The smallest absolute Gasteiger partial charge is 0.259 e. The molecular weight excluding hydrogens is 350 g/mol. The Balaban J connectivity index is 1.42. The molecule has 0 radical (unpaired) electrons. The first kappa shape index (κ1) is 17.4. The molecule has 1 saturated carbocycles. The Labute approximate surface area is 164 Å². The molecule has 5 rings (SSSR count). The van der Waals surface area contributed by atoms with Crippen molar-refractivity contribution < 1.29 is 4.79 Å². The number of nitrogens with one attached hydrogen (secondary N) is 3. The number of anilines is 1. The van der Waals surface area contributed by atoms with Gasteiger partial charge in [-0.1, -0.05) is 31.0 Å². The summed E-state index contributed by atoms with van der Waals surface area (Å²) in [4.78, 5) is 22.6. The lowest BCUT2D eigenvalue weighted by atomic mass is 9.81. The average Bonchev–Trinajstić information content (AvgIpc) is 3.36. The number of hydrazine groups is 1. The quantitative estimate of drug-likeness (QED) is 0.655. The van der Waals surface area contributed by atoms with Crippen LogP contribution in [0.4, 0.5) is 5.82 Å². The zero-order valence-electron chi connectivity index (χ0n) is 16.0. The molecule has 1 aliphatic carbocycles. The number of benzene rings is 1. The number of aromatic nitrogens is 2. The molecule has 6 heteroatoms. The Morgan fingerprint density at radius 3 is 2.75 bits per heavy atom. The summed E-state index contributed by atoms with van der Waals surface area (Å²) in [6, 6.07) is 16.2. The van der Waals surface area contributed by atoms with Gasteiger partial charge in [-0.2, -0.15) is 0 Å². The van der Waals surface area contributed by atoms with Gasteiger partial charge >= 0.3 is 0 Å². The van der Waals surface area contributed by atoms with Gasteiger partial charge in [0.15, 0.2) is 0 Å². The lowest BCUT2D eigenvalue weighted by Gasteiger charge is -2.26. The van der Waals surface area contributed by atoms with Gasteiger partial charge in [-0.05, 0) is 49.1 Å². The van der Waals surface area contributed by atoms with E-state index in [1.807, 2.05) is 42.5 Å². The minimum absolute atomic E-state index is 0.0603. The second-order valence-electron chi connectivity index (χ2n) is 7.88. The van der Waals surface area contributed by atoms with E-state index in [2.05, 4.69) is 21.9 Å². The zero-order valence-corrected chi connectivity index (χ0v) is 16.0. The molecule has 28 heavy (non-hydrogen) atoms. The number of amides is 1. The lowest BCUT2D eigenvalue weighted by molar-refractivity contribution is 0.0992. The van der Waals surface area contributed by atoms with Gasteiger partial charge in [0.05, 0.1) is 17.1 Å². The van der Waals surface area contributed by atoms with Crippen LogP contribution in [0.2, 0.25) is 0 Å². The molecule has 3 unspecified atom stereocenters. The summed E-state index contributed by atoms with van der Waals surface area (Å²) in [5.41, 5.74) is 10.7. The standard InChI is InChI=1S/C22H25N5O/c1-27(22(28)14-7-3-2-4-8-14)20-12-11-17-18(24-20)13-19(23-17)21-15-9-5-6-10-16(15)25-26-21/h2-4,7-8,11-13,15-16,21,23,25-26H,5-6,9-10H2,1H3. The maximum atomic E-state index is 12.7. The van der Waals surface area contributed by atoms with E-state index in [-0.39, 0.29) is 11.9 Å². The summed E-state index contributed by atoms with van der Waals surface area (Å²) >= 11 is 0. The van der Waals surface area contributed by atoms with Crippen molar-refractivity contribution in [3.05, 3.63) is 59.8 Å². The molecule has 2 aromatic heterocycles. The van der Waals surface area contributed by atoms with Crippen LogP contribution in [0, 0.1) is 5.92 Å². The van der Waals surface area contributed by atoms with Gasteiger partial charge in [0.25, 0.3) is 5.91 Å². The van der Waals surface area contributed by atoms with Gasteiger partial charge in [0.2, 0.25) is 0 Å². The lowest BCUT2D eigenvalue weighted by Crippen LogP contribution is -2.33. The molecule has 1 saturated heterocycles. The molecule has 3 heterocycles. The van der Waals surface area contributed by atoms with Crippen LogP contribution < -0.4 is 15.8 Å². The minimum Gasteiger partial charge on any atom is -0.356 e. The summed E-state index contributed by atoms with van der Waals surface area (Å²) in [6.45, 7) is 0. The molecule has 0 bridgehead atoms. The van der Waals surface area contributed by atoms with Crippen LogP contribution in [0.1, 0.15) is 47.8 Å². The van der Waals surface area contributed by atoms with Crippen LogP contribution >= 0.6 is 0 Å². The van der Waals surface area contributed by atoms with Gasteiger partial charge in [0.1, 0.15) is 5.82 Å². The second-order valence-corrected chi connectivity index (χ2v) is 7.88. The van der Waals surface area contributed by atoms with E-state index in [1.54, 1.807) is 11.9 Å². The van der Waals surface area contributed by atoms with E-state index in [4.69, 9.17) is 4.98 Å². The number of fused-ring (bicyclic) bond motifs is 2. The highest BCUT2D eigenvalue weighted by Crippen LogP contribution is 2.38. The fourth-order valence-electron chi connectivity index (χ4n) is 4.60. The molecule has 3 atom stereocenters. The van der Waals surface area contributed by atoms with Crippen molar-refractivity contribution in [1.82, 2.24) is 20.8 Å². The van der Waals surface area contributed by atoms with Gasteiger partial charge < -0.3 is 4.98 Å². The number of hydrogen-bond acceptors (Lipinski definition) is 4. The van der Waals surface area contributed by atoms with E-state index in [0.717, 1.165) is 11.0 Å². The zero-order chi connectivity index (χ0) is 19.1. The van der Waals surface area contributed by atoms with Crippen LogP contribution in [0.3, 0.4) is 0 Å². The molecule has 3 aromatic rings. The first-order valence-electron chi connectivity index (χ1n) is 10.0. The minimum atomic E-state index is -0.0603. The molecule has 3 N–H and O–H groups in total. The molecule has 1 aliphatic heterocycles. The van der Waals surface area contributed by atoms with Crippen molar-refractivity contribution in [2.45, 2.75) is 37.8 Å².